The quantitative estimate of drug-likeness (QED) is 0.181. The van der Waals surface area contributed by atoms with Crippen LogP contribution in [0.15, 0.2) is 176 Å². The zero-order valence-corrected chi connectivity index (χ0v) is 27.3. The molecule has 3 nitrogen and oxygen atoms in total. The van der Waals surface area contributed by atoms with Gasteiger partial charge in [-0.3, -0.25) is 0 Å². The summed E-state index contributed by atoms with van der Waals surface area (Å²) in [6, 6.07) is 61.4. The van der Waals surface area contributed by atoms with Crippen molar-refractivity contribution in [2.45, 2.75) is 0 Å². The summed E-state index contributed by atoms with van der Waals surface area (Å²) in [6.07, 6.45) is 0. The molecule has 0 atom stereocenters. The highest BCUT2D eigenvalue weighted by molar-refractivity contribution is 7.21. The zero-order valence-electron chi connectivity index (χ0n) is 26.5. The smallest absolute Gasteiger partial charge is 0.161 e. The number of hydrogen-bond acceptors (Lipinski definition) is 4. The number of benzene rings is 7. The van der Waals surface area contributed by atoms with Crippen molar-refractivity contribution in [1.82, 2.24) is 15.0 Å². The monoisotopic (exact) mass is 643 g/mol. The first kappa shape index (κ1) is 29.0. The lowest BCUT2D eigenvalue weighted by atomic mass is 9.94. The molecular formula is C45H29N3S. The summed E-state index contributed by atoms with van der Waals surface area (Å²) in [5.41, 5.74) is 11.7. The molecule has 2 aromatic heterocycles. The van der Waals surface area contributed by atoms with Crippen LogP contribution in [-0.2, 0) is 0 Å². The van der Waals surface area contributed by atoms with E-state index in [9.17, 15) is 0 Å². The number of rotatable bonds is 6. The first-order chi connectivity index (χ1) is 24.3. The molecule has 0 bridgehead atoms. The topological polar surface area (TPSA) is 38.7 Å². The van der Waals surface area contributed by atoms with Gasteiger partial charge in [0.15, 0.2) is 5.82 Å². The molecule has 7 aromatic carbocycles. The molecule has 0 aliphatic carbocycles. The normalized spacial score (nSPS) is 11.3. The molecule has 0 radical (unpaired) electrons. The third-order valence-electron chi connectivity index (χ3n) is 8.98. The lowest BCUT2D eigenvalue weighted by Crippen LogP contribution is -1.97. The Kier molecular flexibility index (Phi) is 7.34. The molecule has 0 fully saturated rings. The maximum atomic E-state index is 5.22. The van der Waals surface area contributed by atoms with Gasteiger partial charge in [0, 0.05) is 27.8 Å². The molecular weight excluding hydrogens is 615 g/mol. The molecule has 9 rings (SSSR count). The molecule has 0 saturated heterocycles. The third kappa shape index (κ3) is 5.48. The highest BCUT2D eigenvalue weighted by atomic mass is 32.1. The van der Waals surface area contributed by atoms with Crippen LogP contribution in [0.2, 0.25) is 0 Å². The van der Waals surface area contributed by atoms with Gasteiger partial charge < -0.3 is 0 Å². The number of hydrogen-bond donors (Lipinski definition) is 0. The van der Waals surface area contributed by atoms with Crippen LogP contribution in [0.5, 0.6) is 0 Å². The molecule has 2 heterocycles. The molecule has 0 aliphatic heterocycles. The number of fused-ring (bicyclic) bond motifs is 2. The van der Waals surface area contributed by atoms with Gasteiger partial charge in [0.1, 0.15) is 5.01 Å². The van der Waals surface area contributed by atoms with Crippen molar-refractivity contribution >= 4 is 32.3 Å². The Morgan fingerprint density at radius 3 is 1.53 bits per heavy atom. The van der Waals surface area contributed by atoms with Crippen LogP contribution in [0, 0.1) is 0 Å². The molecule has 0 unspecified atom stereocenters. The predicted octanol–water partition coefficient (Wildman–Crippen LogP) is 12.2. The summed E-state index contributed by atoms with van der Waals surface area (Å²) < 4.78 is 1.17. The lowest BCUT2D eigenvalue weighted by Gasteiger charge is -2.14. The van der Waals surface area contributed by atoms with Crippen molar-refractivity contribution in [2.24, 2.45) is 0 Å². The Hall–Kier alpha value is -6.23. The average Bonchev–Trinajstić information content (AvgIpc) is 3.64. The number of thiazole rings is 1. The molecule has 230 valence electrons. The summed E-state index contributed by atoms with van der Waals surface area (Å²) in [7, 11) is 0. The predicted molar refractivity (Wildman–Crippen MR) is 205 cm³/mol. The highest BCUT2D eigenvalue weighted by Crippen LogP contribution is 2.41. The largest absolute Gasteiger partial charge is 0.235 e. The van der Waals surface area contributed by atoms with Gasteiger partial charge in [-0.25, -0.2) is 15.0 Å². The molecule has 4 heteroatoms. The van der Waals surface area contributed by atoms with Crippen LogP contribution in [0.25, 0.3) is 87.7 Å². The minimum absolute atomic E-state index is 0.699. The van der Waals surface area contributed by atoms with E-state index in [1.807, 2.05) is 18.2 Å². The van der Waals surface area contributed by atoms with Crippen LogP contribution in [0.4, 0.5) is 0 Å². The molecule has 9 aromatic rings. The van der Waals surface area contributed by atoms with Crippen molar-refractivity contribution in [3.63, 3.8) is 0 Å². The van der Waals surface area contributed by atoms with E-state index in [4.69, 9.17) is 15.0 Å². The van der Waals surface area contributed by atoms with Crippen LogP contribution in [0.3, 0.4) is 0 Å². The first-order valence-corrected chi connectivity index (χ1v) is 17.2. The van der Waals surface area contributed by atoms with Gasteiger partial charge >= 0.3 is 0 Å². The minimum atomic E-state index is 0.699. The standard InChI is InChI=1S/C45H29N3S/c1-4-13-30(14-5-1)31-23-25-33(26-24-31)41-29-40(32-15-6-2-7-16-32)46-44(47-41)39-28-27-37(35-19-10-11-20-36(35)39)38-21-12-22-42-43(38)48-45(49-42)34-17-8-3-9-18-34/h1-29H. The van der Waals surface area contributed by atoms with Crippen molar-refractivity contribution in [1.29, 1.82) is 0 Å². The van der Waals surface area contributed by atoms with E-state index in [1.165, 1.54) is 15.8 Å². The van der Waals surface area contributed by atoms with Crippen molar-refractivity contribution in [3.8, 4) is 66.7 Å². The number of aromatic nitrogens is 3. The van der Waals surface area contributed by atoms with Crippen LogP contribution in [-0.4, -0.2) is 15.0 Å². The first-order valence-electron chi connectivity index (χ1n) is 16.4. The van der Waals surface area contributed by atoms with E-state index in [0.717, 1.165) is 66.1 Å². The fraction of sp³-hybridized carbons (Fsp3) is 0. The minimum Gasteiger partial charge on any atom is -0.235 e. The molecule has 0 N–H and O–H groups in total. The summed E-state index contributed by atoms with van der Waals surface area (Å²) >= 11 is 1.73. The van der Waals surface area contributed by atoms with Gasteiger partial charge in [-0.1, -0.05) is 158 Å². The van der Waals surface area contributed by atoms with Gasteiger partial charge in [-0.15, -0.1) is 11.3 Å². The van der Waals surface area contributed by atoms with E-state index in [1.54, 1.807) is 11.3 Å². The second kappa shape index (κ2) is 12.4. The Labute approximate surface area is 288 Å². The second-order valence-electron chi connectivity index (χ2n) is 12.0. The maximum Gasteiger partial charge on any atom is 0.161 e. The van der Waals surface area contributed by atoms with E-state index in [-0.39, 0.29) is 0 Å². The van der Waals surface area contributed by atoms with Crippen LogP contribution >= 0.6 is 11.3 Å². The average molecular weight is 644 g/mol. The SMILES string of the molecule is c1ccc(-c2ccc(-c3cc(-c4ccccc4)nc(-c4ccc(-c5cccc6sc(-c7ccccc7)nc56)c5ccccc45)n3)cc2)cc1. The summed E-state index contributed by atoms with van der Waals surface area (Å²) in [5.74, 6) is 0.699. The van der Waals surface area contributed by atoms with E-state index in [0.29, 0.717) is 5.82 Å². The highest BCUT2D eigenvalue weighted by Gasteiger charge is 2.17. The van der Waals surface area contributed by atoms with E-state index in [2.05, 4.69) is 158 Å². The molecule has 0 spiro atoms. The number of nitrogens with zero attached hydrogens (tertiary/aromatic N) is 3. The summed E-state index contributed by atoms with van der Waals surface area (Å²) in [6.45, 7) is 0. The molecule has 49 heavy (non-hydrogen) atoms. The van der Waals surface area contributed by atoms with Gasteiger partial charge in [-0.2, -0.15) is 0 Å². The Morgan fingerprint density at radius 2 is 0.857 bits per heavy atom. The van der Waals surface area contributed by atoms with Crippen molar-refractivity contribution in [2.75, 3.05) is 0 Å². The Bertz CT molecular complexity index is 2580. The summed E-state index contributed by atoms with van der Waals surface area (Å²) in [4.78, 5) is 15.6. The summed E-state index contributed by atoms with van der Waals surface area (Å²) in [5, 5.41) is 3.27. The molecule has 0 aliphatic rings. The fourth-order valence-electron chi connectivity index (χ4n) is 6.54. The number of para-hydroxylation sites is 1. The van der Waals surface area contributed by atoms with E-state index >= 15 is 0 Å². The van der Waals surface area contributed by atoms with Gasteiger partial charge in [-0.05, 0) is 45.7 Å². The van der Waals surface area contributed by atoms with Gasteiger partial charge in [0.2, 0.25) is 0 Å². The van der Waals surface area contributed by atoms with Gasteiger partial charge in [0.25, 0.3) is 0 Å². The van der Waals surface area contributed by atoms with Gasteiger partial charge in [0.05, 0.1) is 21.6 Å². The molecule has 0 amide bonds. The fourth-order valence-corrected chi connectivity index (χ4v) is 7.53. The Morgan fingerprint density at radius 1 is 0.347 bits per heavy atom. The zero-order chi connectivity index (χ0) is 32.6. The Balaban J connectivity index is 1.19. The molecule has 0 saturated carbocycles. The second-order valence-corrected chi connectivity index (χ2v) is 13.0. The van der Waals surface area contributed by atoms with Crippen LogP contribution < -0.4 is 0 Å². The van der Waals surface area contributed by atoms with Crippen molar-refractivity contribution < 1.29 is 0 Å². The van der Waals surface area contributed by atoms with E-state index < -0.39 is 0 Å². The third-order valence-corrected chi connectivity index (χ3v) is 10.0. The lowest BCUT2D eigenvalue weighted by molar-refractivity contribution is 1.19. The van der Waals surface area contributed by atoms with Crippen LogP contribution in [0.1, 0.15) is 0 Å². The maximum absolute atomic E-state index is 5.22. The van der Waals surface area contributed by atoms with Crippen molar-refractivity contribution in [3.05, 3.63) is 176 Å².